The quantitative estimate of drug-likeness (QED) is 0.684. The fraction of sp³-hybridized carbons (Fsp3) is 0.118. The normalized spacial score (nSPS) is 11.6. The van der Waals surface area contributed by atoms with Gasteiger partial charge in [-0.1, -0.05) is 0 Å². The lowest BCUT2D eigenvalue weighted by Crippen LogP contribution is -2.34. The van der Waals surface area contributed by atoms with Crippen molar-refractivity contribution in [2.24, 2.45) is 7.05 Å². The first-order valence-corrected chi connectivity index (χ1v) is 6.55. The van der Waals surface area contributed by atoms with Crippen LogP contribution in [0, 0.1) is 12.7 Å². The third kappa shape index (κ3) is 2.23. The topological polar surface area (TPSA) is 19.7 Å². The number of benzene rings is 1. The molecule has 2 aromatic heterocycles. The van der Waals surface area contributed by atoms with Gasteiger partial charge in [0.25, 0.3) is 0 Å². The van der Waals surface area contributed by atoms with Gasteiger partial charge in [-0.3, -0.25) is 0 Å². The van der Waals surface area contributed by atoms with Crippen LogP contribution in [0.3, 0.4) is 0 Å². The molecule has 0 atom stereocenters. The fourth-order valence-corrected chi connectivity index (χ4v) is 2.31. The molecule has 0 spiro atoms. The van der Waals surface area contributed by atoms with Crippen LogP contribution in [0.1, 0.15) is 17.0 Å². The van der Waals surface area contributed by atoms with E-state index >= 15 is 0 Å². The molecule has 20 heavy (non-hydrogen) atoms. The minimum absolute atomic E-state index is 0.215. The average Bonchev–Trinajstić information content (AvgIpc) is 2.83. The van der Waals surface area contributed by atoms with E-state index in [1.807, 2.05) is 31.5 Å². The van der Waals surface area contributed by atoms with E-state index in [1.54, 1.807) is 12.1 Å². The summed E-state index contributed by atoms with van der Waals surface area (Å²) >= 11 is 0. The molecule has 1 aromatic carbocycles. The summed E-state index contributed by atoms with van der Waals surface area (Å²) in [6.07, 6.45) is 5.95. The summed E-state index contributed by atoms with van der Waals surface area (Å²) in [6, 6.07) is 10.9. The van der Waals surface area contributed by atoms with Crippen LogP contribution in [0.5, 0.6) is 0 Å². The van der Waals surface area contributed by atoms with E-state index in [4.69, 9.17) is 0 Å². The van der Waals surface area contributed by atoms with Crippen LogP contribution in [-0.4, -0.2) is 4.98 Å². The molecule has 100 valence electrons. The summed E-state index contributed by atoms with van der Waals surface area (Å²) in [5.41, 5.74) is 4.23. The molecule has 3 heteroatoms. The SMILES string of the molecule is Cc1cccc(/C=C/c2c[nH]c3ccc(F)cc23)[n+]1C. The number of hydrogen-bond donors (Lipinski definition) is 1. The molecule has 2 nitrogen and oxygen atoms in total. The standard InChI is InChI=1S/C17H15FN2/c1-12-4-3-5-15(20(12)2)8-6-13-11-19-17-9-7-14(18)10-16(13)17/h3-11H,1-2H3/p+1. The second kappa shape index (κ2) is 4.93. The van der Waals surface area contributed by atoms with E-state index < -0.39 is 0 Å². The number of pyridine rings is 1. The number of H-pyrrole nitrogens is 1. The maximum atomic E-state index is 13.3. The van der Waals surface area contributed by atoms with E-state index in [-0.39, 0.29) is 5.82 Å². The number of hydrogen-bond acceptors (Lipinski definition) is 0. The largest absolute Gasteiger partial charge is 0.361 e. The van der Waals surface area contributed by atoms with Crippen LogP contribution < -0.4 is 4.57 Å². The minimum Gasteiger partial charge on any atom is -0.361 e. The molecule has 0 amide bonds. The van der Waals surface area contributed by atoms with Crippen LogP contribution in [0.4, 0.5) is 4.39 Å². The highest BCUT2D eigenvalue weighted by Gasteiger charge is 2.06. The smallest absolute Gasteiger partial charge is 0.205 e. The maximum Gasteiger partial charge on any atom is 0.205 e. The van der Waals surface area contributed by atoms with Gasteiger partial charge < -0.3 is 4.98 Å². The number of aromatic nitrogens is 2. The Bertz CT molecular complexity index is 800. The molecule has 0 fully saturated rings. The van der Waals surface area contributed by atoms with Gasteiger partial charge >= 0.3 is 0 Å². The minimum atomic E-state index is -0.215. The number of rotatable bonds is 2. The van der Waals surface area contributed by atoms with Gasteiger partial charge in [-0.2, -0.15) is 4.57 Å². The van der Waals surface area contributed by atoms with E-state index in [0.29, 0.717) is 0 Å². The van der Waals surface area contributed by atoms with Gasteiger partial charge in [0.15, 0.2) is 5.69 Å². The van der Waals surface area contributed by atoms with Crippen molar-refractivity contribution in [2.45, 2.75) is 6.92 Å². The number of aryl methyl sites for hydroxylation is 1. The summed E-state index contributed by atoms with van der Waals surface area (Å²) in [5, 5.41) is 0.900. The number of nitrogens with zero attached hydrogens (tertiary/aromatic N) is 1. The van der Waals surface area contributed by atoms with Crippen molar-refractivity contribution in [3.8, 4) is 0 Å². The van der Waals surface area contributed by atoms with Crippen molar-refractivity contribution in [3.05, 3.63) is 65.4 Å². The Labute approximate surface area is 117 Å². The van der Waals surface area contributed by atoms with Crippen LogP contribution in [0.15, 0.2) is 42.6 Å². The Morgan fingerprint density at radius 1 is 1.15 bits per heavy atom. The summed E-state index contributed by atoms with van der Waals surface area (Å²) in [7, 11) is 2.03. The third-order valence-electron chi connectivity index (χ3n) is 3.63. The summed E-state index contributed by atoms with van der Waals surface area (Å²) in [4.78, 5) is 3.15. The van der Waals surface area contributed by atoms with Crippen molar-refractivity contribution in [1.29, 1.82) is 0 Å². The Hall–Kier alpha value is -2.42. The number of aromatic amines is 1. The lowest BCUT2D eigenvalue weighted by Gasteiger charge is -1.97. The van der Waals surface area contributed by atoms with E-state index in [1.165, 1.54) is 11.8 Å². The van der Waals surface area contributed by atoms with Crippen LogP contribution in [0.25, 0.3) is 23.1 Å². The second-order valence-corrected chi connectivity index (χ2v) is 4.92. The first kappa shape index (κ1) is 12.6. The van der Waals surface area contributed by atoms with Gasteiger partial charge in [0, 0.05) is 47.8 Å². The Kier molecular flexibility index (Phi) is 3.11. The van der Waals surface area contributed by atoms with E-state index in [2.05, 4.69) is 28.6 Å². The number of fused-ring (bicyclic) bond motifs is 1. The average molecular weight is 267 g/mol. The van der Waals surface area contributed by atoms with E-state index in [0.717, 1.165) is 22.2 Å². The first-order valence-electron chi connectivity index (χ1n) is 6.55. The molecule has 0 radical (unpaired) electrons. The predicted octanol–water partition coefficient (Wildman–Crippen LogP) is 3.61. The van der Waals surface area contributed by atoms with Crippen molar-refractivity contribution in [1.82, 2.24) is 4.98 Å². The molecule has 3 aromatic rings. The molecule has 0 aliphatic rings. The molecule has 0 bridgehead atoms. The fourth-order valence-electron chi connectivity index (χ4n) is 2.31. The van der Waals surface area contributed by atoms with Crippen molar-refractivity contribution in [2.75, 3.05) is 0 Å². The number of nitrogens with one attached hydrogen (secondary N) is 1. The molecule has 0 aliphatic carbocycles. The first-order chi connectivity index (χ1) is 9.65. The molecular weight excluding hydrogens is 251 g/mol. The Morgan fingerprint density at radius 3 is 2.85 bits per heavy atom. The molecule has 0 saturated heterocycles. The van der Waals surface area contributed by atoms with Crippen molar-refractivity contribution in [3.63, 3.8) is 0 Å². The van der Waals surface area contributed by atoms with Crippen molar-refractivity contribution >= 4 is 23.1 Å². The van der Waals surface area contributed by atoms with Gasteiger partial charge in [0.2, 0.25) is 5.69 Å². The molecule has 2 heterocycles. The van der Waals surface area contributed by atoms with Crippen LogP contribution in [0.2, 0.25) is 0 Å². The monoisotopic (exact) mass is 267 g/mol. The molecule has 0 unspecified atom stereocenters. The van der Waals surface area contributed by atoms with Gasteiger partial charge in [-0.05, 0) is 30.3 Å². The zero-order valence-electron chi connectivity index (χ0n) is 11.5. The molecule has 3 rings (SSSR count). The van der Waals surface area contributed by atoms with Crippen LogP contribution in [-0.2, 0) is 7.05 Å². The van der Waals surface area contributed by atoms with Crippen molar-refractivity contribution < 1.29 is 8.96 Å². The summed E-state index contributed by atoms with van der Waals surface area (Å²) < 4.78 is 15.4. The highest BCUT2D eigenvalue weighted by Crippen LogP contribution is 2.21. The van der Waals surface area contributed by atoms with Crippen LogP contribution >= 0.6 is 0 Å². The highest BCUT2D eigenvalue weighted by molar-refractivity contribution is 5.91. The zero-order valence-corrected chi connectivity index (χ0v) is 11.5. The molecule has 0 aliphatic heterocycles. The predicted molar refractivity (Wildman–Crippen MR) is 79.5 cm³/mol. The zero-order chi connectivity index (χ0) is 14.1. The molecular formula is C17H16FN2+. The summed E-state index contributed by atoms with van der Waals surface area (Å²) in [6.45, 7) is 2.07. The van der Waals surface area contributed by atoms with Gasteiger partial charge in [-0.15, -0.1) is 0 Å². The lowest BCUT2D eigenvalue weighted by molar-refractivity contribution is -0.679. The molecule has 0 saturated carbocycles. The maximum absolute atomic E-state index is 13.3. The van der Waals surface area contributed by atoms with E-state index in [9.17, 15) is 4.39 Å². The second-order valence-electron chi connectivity index (χ2n) is 4.92. The van der Waals surface area contributed by atoms with Gasteiger partial charge in [0.1, 0.15) is 12.9 Å². The molecule has 1 N–H and O–H groups in total. The summed E-state index contributed by atoms with van der Waals surface area (Å²) in [5.74, 6) is -0.215. The Balaban J connectivity index is 2.02. The number of halogens is 1. The highest BCUT2D eigenvalue weighted by atomic mass is 19.1. The lowest BCUT2D eigenvalue weighted by atomic mass is 10.1. The van der Waals surface area contributed by atoms with Gasteiger partial charge in [0.05, 0.1) is 0 Å². The third-order valence-corrected chi connectivity index (χ3v) is 3.63. The van der Waals surface area contributed by atoms with Gasteiger partial charge in [-0.25, -0.2) is 4.39 Å². The Morgan fingerprint density at radius 2 is 2.00 bits per heavy atom.